The number of benzene rings is 9. The third-order valence-electron chi connectivity index (χ3n) is 11.1. The Bertz CT molecular complexity index is 3230. The van der Waals surface area contributed by atoms with E-state index in [0.29, 0.717) is 17.5 Å². The van der Waals surface area contributed by atoms with Crippen LogP contribution < -0.4 is 0 Å². The minimum Gasteiger partial charge on any atom is -0.208 e. The van der Waals surface area contributed by atoms with Crippen LogP contribution in [0, 0.1) is 0 Å². The zero-order valence-corrected chi connectivity index (χ0v) is 32.8. The van der Waals surface area contributed by atoms with Crippen molar-refractivity contribution < 1.29 is 0 Å². The molecule has 0 radical (unpaired) electrons. The van der Waals surface area contributed by atoms with E-state index < -0.39 is 0 Å². The van der Waals surface area contributed by atoms with E-state index in [9.17, 15) is 0 Å². The number of nitrogens with zero attached hydrogens (tertiary/aromatic N) is 3. The SMILES string of the molecule is c1ccc(-c2ccccc2-c2nc(-c3cc(-c4cccc5ccccc45)cc(-c4cccc5sc6ccccc6c45)c3)nc(-c3ccccc3-c3ccccc3)n2)cc1. The van der Waals surface area contributed by atoms with Crippen LogP contribution in [0.4, 0.5) is 0 Å². The largest absolute Gasteiger partial charge is 0.208 e. The maximum atomic E-state index is 5.40. The number of hydrogen-bond acceptors (Lipinski definition) is 4. The molecular formula is C55H35N3S. The molecule has 2 aromatic heterocycles. The zero-order valence-electron chi connectivity index (χ0n) is 32.0. The van der Waals surface area contributed by atoms with Gasteiger partial charge in [-0.05, 0) is 85.6 Å². The first-order valence-corrected chi connectivity index (χ1v) is 20.7. The van der Waals surface area contributed by atoms with Gasteiger partial charge in [0.05, 0.1) is 0 Å². The van der Waals surface area contributed by atoms with Crippen LogP contribution in [0.2, 0.25) is 0 Å². The van der Waals surface area contributed by atoms with Crippen molar-refractivity contribution in [1.29, 1.82) is 0 Å². The van der Waals surface area contributed by atoms with Gasteiger partial charge in [0.1, 0.15) is 0 Å². The van der Waals surface area contributed by atoms with Gasteiger partial charge in [0.25, 0.3) is 0 Å². The monoisotopic (exact) mass is 769 g/mol. The molecule has 9 aromatic carbocycles. The molecule has 11 aromatic rings. The van der Waals surface area contributed by atoms with Crippen LogP contribution in [0.1, 0.15) is 0 Å². The summed E-state index contributed by atoms with van der Waals surface area (Å²) in [5.41, 5.74) is 11.7. The Hall–Kier alpha value is -7.53. The van der Waals surface area contributed by atoms with Gasteiger partial charge < -0.3 is 0 Å². The van der Waals surface area contributed by atoms with Gasteiger partial charge in [-0.25, -0.2) is 15.0 Å². The molecule has 0 fully saturated rings. The quantitative estimate of drug-likeness (QED) is 0.162. The van der Waals surface area contributed by atoms with Crippen molar-refractivity contribution in [2.45, 2.75) is 0 Å². The fraction of sp³-hybridized carbons (Fsp3) is 0. The van der Waals surface area contributed by atoms with Crippen LogP contribution in [0.5, 0.6) is 0 Å². The maximum Gasteiger partial charge on any atom is 0.164 e. The van der Waals surface area contributed by atoms with Gasteiger partial charge in [-0.3, -0.25) is 0 Å². The zero-order chi connectivity index (χ0) is 39.1. The Labute approximate surface area is 346 Å². The molecule has 0 bridgehead atoms. The lowest BCUT2D eigenvalue weighted by Gasteiger charge is -2.16. The molecule has 0 amide bonds. The average molecular weight is 770 g/mol. The van der Waals surface area contributed by atoms with E-state index in [1.165, 1.54) is 36.5 Å². The molecule has 0 atom stereocenters. The number of rotatable bonds is 7. The second-order valence-electron chi connectivity index (χ2n) is 14.7. The summed E-state index contributed by atoms with van der Waals surface area (Å²) in [5, 5.41) is 4.92. The number of hydrogen-bond donors (Lipinski definition) is 0. The fourth-order valence-electron chi connectivity index (χ4n) is 8.40. The first-order chi connectivity index (χ1) is 29.2. The second kappa shape index (κ2) is 14.8. The molecule has 0 aliphatic carbocycles. The Morgan fingerprint density at radius 2 is 0.712 bits per heavy atom. The summed E-state index contributed by atoms with van der Waals surface area (Å²) in [5.74, 6) is 1.85. The fourth-order valence-corrected chi connectivity index (χ4v) is 9.53. The highest BCUT2D eigenvalue weighted by molar-refractivity contribution is 7.25. The molecule has 3 nitrogen and oxygen atoms in total. The van der Waals surface area contributed by atoms with Gasteiger partial charge in [0, 0.05) is 36.9 Å². The van der Waals surface area contributed by atoms with Crippen molar-refractivity contribution in [2.75, 3.05) is 0 Å². The van der Waals surface area contributed by atoms with Crippen molar-refractivity contribution >= 4 is 42.3 Å². The van der Waals surface area contributed by atoms with E-state index in [4.69, 9.17) is 15.0 Å². The van der Waals surface area contributed by atoms with Gasteiger partial charge in [0.2, 0.25) is 0 Å². The van der Waals surface area contributed by atoms with Gasteiger partial charge in [0.15, 0.2) is 17.5 Å². The van der Waals surface area contributed by atoms with Crippen molar-refractivity contribution in [3.05, 3.63) is 212 Å². The van der Waals surface area contributed by atoms with Crippen LogP contribution in [-0.4, -0.2) is 15.0 Å². The van der Waals surface area contributed by atoms with Crippen LogP contribution in [0.15, 0.2) is 212 Å². The molecule has 0 N–H and O–H groups in total. The van der Waals surface area contributed by atoms with Crippen molar-refractivity contribution in [1.82, 2.24) is 15.0 Å². The summed E-state index contributed by atoms with van der Waals surface area (Å²) >= 11 is 1.84. The molecular weight excluding hydrogens is 735 g/mol. The van der Waals surface area contributed by atoms with E-state index in [1.54, 1.807) is 0 Å². The van der Waals surface area contributed by atoms with Crippen LogP contribution in [0.25, 0.3) is 110 Å². The molecule has 276 valence electrons. The standard InChI is InChI=1S/C55H35N3S/c1-3-17-36(18-4-1)43-24-9-11-26-47(43)54-56-53(57-55(58-54)48-27-12-10-25-44(48)37-19-5-2-6-20-37)41-34-39(45-29-15-22-38-21-7-8-23-42(38)45)33-40(35-41)46-30-16-32-51-52(46)49-28-13-14-31-50(49)59-51/h1-35H. The average Bonchev–Trinajstić information content (AvgIpc) is 3.71. The lowest BCUT2D eigenvalue weighted by molar-refractivity contribution is 1.07. The molecule has 0 saturated heterocycles. The van der Waals surface area contributed by atoms with Crippen LogP contribution in [-0.2, 0) is 0 Å². The third-order valence-corrected chi connectivity index (χ3v) is 12.3. The van der Waals surface area contributed by atoms with Crippen molar-refractivity contribution in [3.63, 3.8) is 0 Å². The van der Waals surface area contributed by atoms with E-state index in [-0.39, 0.29) is 0 Å². The topological polar surface area (TPSA) is 38.7 Å². The van der Waals surface area contributed by atoms with Gasteiger partial charge in [-0.15, -0.1) is 11.3 Å². The smallest absolute Gasteiger partial charge is 0.164 e. The third kappa shape index (κ3) is 6.37. The molecule has 0 spiro atoms. The molecule has 4 heteroatoms. The lowest BCUT2D eigenvalue weighted by atomic mass is 9.91. The minimum absolute atomic E-state index is 0.612. The number of fused-ring (bicyclic) bond motifs is 4. The summed E-state index contributed by atoms with van der Waals surface area (Å²) < 4.78 is 2.54. The molecule has 59 heavy (non-hydrogen) atoms. The van der Waals surface area contributed by atoms with E-state index in [2.05, 4.69) is 200 Å². The van der Waals surface area contributed by atoms with Crippen LogP contribution in [0.3, 0.4) is 0 Å². The highest BCUT2D eigenvalue weighted by atomic mass is 32.1. The Morgan fingerprint density at radius 1 is 0.271 bits per heavy atom. The second-order valence-corrected chi connectivity index (χ2v) is 15.8. The minimum atomic E-state index is 0.612. The summed E-state index contributed by atoms with van der Waals surface area (Å²) in [6.45, 7) is 0. The first-order valence-electron chi connectivity index (χ1n) is 19.9. The summed E-state index contributed by atoms with van der Waals surface area (Å²) in [4.78, 5) is 16.1. The number of thiophene rings is 1. The summed E-state index contributed by atoms with van der Waals surface area (Å²) in [7, 11) is 0. The van der Waals surface area contributed by atoms with E-state index >= 15 is 0 Å². The lowest BCUT2D eigenvalue weighted by Crippen LogP contribution is -2.02. The Morgan fingerprint density at radius 3 is 1.39 bits per heavy atom. The predicted octanol–water partition coefficient (Wildman–Crippen LogP) is 15.1. The molecule has 0 saturated carbocycles. The normalized spacial score (nSPS) is 11.4. The molecule has 0 aliphatic heterocycles. The highest BCUT2D eigenvalue weighted by Gasteiger charge is 2.20. The molecule has 11 rings (SSSR count). The van der Waals surface area contributed by atoms with Gasteiger partial charge >= 0.3 is 0 Å². The maximum absolute atomic E-state index is 5.40. The van der Waals surface area contributed by atoms with E-state index in [0.717, 1.165) is 55.6 Å². The Kier molecular flexibility index (Phi) is 8.68. The molecule has 0 unspecified atom stereocenters. The van der Waals surface area contributed by atoms with Gasteiger partial charge in [-0.1, -0.05) is 182 Å². The highest BCUT2D eigenvalue weighted by Crippen LogP contribution is 2.43. The van der Waals surface area contributed by atoms with Gasteiger partial charge in [-0.2, -0.15) is 0 Å². The first kappa shape index (κ1) is 34.7. The van der Waals surface area contributed by atoms with Crippen molar-refractivity contribution in [3.8, 4) is 78.7 Å². The number of aromatic nitrogens is 3. The van der Waals surface area contributed by atoms with Crippen LogP contribution >= 0.6 is 11.3 Å². The predicted molar refractivity (Wildman–Crippen MR) is 248 cm³/mol. The van der Waals surface area contributed by atoms with E-state index in [1.807, 2.05) is 23.5 Å². The summed E-state index contributed by atoms with van der Waals surface area (Å²) in [6.07, 6.45) is 0. The van der Waals surface area contributed by atoms with Crippen molar-refractivity contribution in [2.24, 2.45) is 0 Å². The summed E-state index contributed by atoms with van der Waals surface area (Å²) in [6, 6.07) is 75.2. The molecule has 2 heterocycles. The Balaban J connectivity index is 1.21. The molecule has 0 aliphatic rings.